The first-order valence-electron chi connectivity index (χ1n) is 5.73. The van der Waals surface area contributed by atoms with Crippen molar-refractivity contribution in [2.75, 3.05) is 6.61 Å². The molecule has 0 aromatic carbocycles. The molecular weight excluding hydrogens is 254 g/mol. The maximum Gasteiger partial charge on any atom is 0.349 e. The molecule has 100 valence electrons. The highest BCUT2D eigenvalue weighted by atomic mass is 32.1. The minimum Gasteiger partial charge on any atom is -0.491 e. The number of primary amides is 1. The second-order valence-electron chi connectivity index (χ2n) is 4.08. The Morgan fingerprint density at radius 2 is 2.22 bits per heavy atom. The summed E-state index contributed by atoms with van der Waals surface area (Å²) < 4.78 is 5.38. The number of rotatable bonds is 7. The fraction of sp³-hybridized carbons (Fsp3) is 0.500. The summed E-state index contributed by atoms with van der Waals surface area (Å²) in [6, 6.07) is 1.73. The van der Waals surface area contributed by atoms with Crippen LogP contribution in [-0.4, -0.2) is 23.6 Å². The lowest BCUT2D eigenvalue weighted by atomic mass is 10.2. The van der Waals surface area contributed by atoms with Crippen molar-refractivity contribution in [3.8, 4) is 5.75 Å². The molecule has 0 spiro atoms. The van der Waals surface area contributed by atoms with E-state index < -0.39 is 17.8 Å². The van der Waals surface area contributed by atoms with Crippen LogP contribution in [-0.2, 0) is 11.2 Å². The van der Waals surface area contributed by atoms with Gasteiger partial charge in [0.05, 0.1) is 12.5 Å². The molecule has 6 heteroatoms. The summed E-state index contributed by atoms with van der Waals surface area (Å²) in [5, 5.41) is 9.06. The van der Waals surface area contributed by atoms with Crippen molar-refractivity contribution < 1.29 is 19.4 Å². The summed E-state index contributed by atoms with van der Waals surface area (Å²) in [5.74, 6) is -1.59. The fourth-order valence-corrected chi connectivity index (χ4v) is 2.39. The van der Waals surface area contributed by atoms with E-state index in [4.69, 9.17) is 15.6 Å². The molecular formula is C12H17NO4S. The zero-order valence-corrected chi connectivity index (χ0v) is 11.3. The summed E-state index contributed by atoms with van der Waals surface area (Å²) >= 11 is 1.21. The molecule has 1 aromatic rings. The van der Waals surface area contributed by atoms with E-state index in [1.807, 2.05) is 6.92 Å². The van der Waals surface area contributed by atoms with E-state index in [0.29, 0.717) is 5.75 Å². The van der Waals surface area contributed by atoms with E-state index >= 15 is 0 Å². The molecule has 1 amide bonds. The summed E-state index contributed by atoms with van der Waals surface area (Å²) in [6.07, 6.45) is 1.76. The van der Waals surface area contributed by atoms with Gasteiger partial charge in [-0.25, -0.2) is 4.79 Å². The third-order valence-corrected chi connectivity index (χ3v) is 3.58. The molecule has 1 heterocycles. The van der Waals surface area contributed by atoms with Gasteiger partial charge in [-0.05, 0) is 12.5 Å². The number of thiophene rings is 1. The van der Waals surface area contributed by atoms with Crippen molar-refractivity contribution >= 4 is 23.2 Å². The van der Waals surface area contributed by atoms with Gasteiger partial charge in [0.25, 0.3) is 0 Å². The smallest absolute Gasteiger partial charge is 0.349 e. The van der Waals surface area contributed by atoms with Gasteiger partial charge in [0.1, 0.15) is 5.75 Å². The van der Waals surface area contributed by atoms with Crippen molar-refractivity contribution in [3.63, 3.8) is 0 Å². The van der Waals surface area contributed by atoms with Crippen LogP contribution in [0.25, 0.3) is 0 Å². The maximum absolute atomic E-state index is 11.1. The Morgan fingerprint density at radius 1 is 1.56 bits per heavy atom. The molecule has 1 aromatic heterocycles. The Kier molecular flexibility index (Phi) is 5.15. The molecule has 1 unspecified atom stereocenters. The van der Waals surface area contributed by atoms with Gasteiger partial charge in [0, 0.05) is 4.88 Å². The van der Waals surface area contributed by atoms with Crippen molar-refractivity contribution in [2.24, 2.45) is 11.7 Å². The van der Waals surface area contributed by atoms with Crippen LogP contribution in [0.5, 0.6) is 5.75 Å². The second kappa shape index (κ2) is 6.39. The van der Waals surface area contributed by atoms with Gasteiger partial charge in [-0.1, -0.05) is 20.3 Å². The normalized spacial score (nSPS) is 12.1. The zero-order valence-electron chi connectivity index (χ0n) is 10.4. The molecule has 1 atom stereocenters. The number of carbonyl (C=O) groups excluding carboxylic acids is 1. The number of carbonyl (C=O) groups is 2. The van der Waals surface area contributed by atoms with Crippen molar-refractivity contribution in [2.45, 2.75) is 26.7 Å². The number of nitrogens with two attached hydrogens (primary N) is 1. The number of aromatic carboxylic acids is 1. The van der Waals surface area contributed by atoms with E-state index in [9.17, 15) is 9.59 Å². The highest BCUT2D eigenvalue weighted by Crippen LogP contribution is 2.30. The summed E-state index contributed by atoms with van der Waals surface area (Å²) in [6.45, 7) is 3.76. The molecule has 0 aliphatic carbocycles. The second-order valence-corrected chi connectivity index (χ2v) is 5.21. The predicted octanol–water partition coefficient (Wildman–Crippen LogP) is 1.90. The third-order valence-electron chi connectivity index (χ3n) is 2.41. The molecule has 0 bridgehead atoms. The molecule has 0 aliphatic heterocycles. The monoisotopic (exact) mass is 271 g/mol. The van der Waals surface area contributed by atoms with Gasteiger partial charge in [-0.15, -0.1) is 11.3 Å². The van der Waals surface area contributed by atoms with E-state index in [1.165, 1.54) is 11.3 Å². The Hall–Kier alpha value is -1.56. The molecule has 5 nitrogen and oxygen atoms in total. The first-order chi connectivity index (χ1) is 8.45. The molecule has 0 radical (unpaired) electrons. The van der Waals surface area contributed by atoms with Crippen LogP contribution >= 0.6 is 11.3 Å². The SMILES string of the molecule is CCCc1cc(OCC(C)C(N)=O)c(C(=O)O)s1. The Labute approximate surface area is 110 Å². The van der Waals surface area contributed by atoms with Crippen LogP contribution in [0.3, 0.4) is 0 Å². The average molecular weight is 271 g/mol. The van der Waals surface area contributed by atoms with Crippen LogP contribution in [0.4, 0.5) is 0 Å². The first-order valence-corrected chi connectivity index (χ1v) is 6.55. The van der Waals surface area contributed by atoms with Crippen LogP contribution in [0.2, 0.25) is 0 Å². The number of amides is 1. The molecule has 3 N–H and O–H groups in total. The van der Waals surface area contributed by atoms with E-state index in [0.717, 1.165) is 17.7 Å². The van der Waals surface area contributed by atoms with Gasteiger partial charge < -0.3 is 15.6 Å². The fourth-order valence-electron chi connectivity index (χ4n) is 1.35. The lowest BCUT2D eigenvalue weighted by Crippen LogP contribution is -2.25. The summed E-state index contributed by atoms with van der Waals surface area (Å²) in [7, 11) is 0. The average Bonchev–Trinajstić information content (AvgIpc) is 2.69. The van der Waals surface area contributed by atoms with Gasteiger partial charge >= 0.3 is 5.97 Å². The standard InChI is InChI=1S/C12H17NO4S/c1-3-4-8-5-9(10(18-8)12(15)16)17-6-7(2)11(13)14/h5,7H,3-4,6H2,1-2H3,(H2,13,14)(H,15,16). The number of hydrogen-bond acceptors (Lipinski definition) is 4. The number of hydrogen-bond donors (Lipinski definition) is 2. The molecule has 0 aliphatic rings. The van der Waals surface area contributed by atoms with E-state index in [1.54, 1.807) is 13.0 Å². The number of carboxylic acid groups (broad SMARTS) is 1. The largest absolute Gasteiger partial charge is 0.491 e. The van der Waals surface area contributed by atoms with Gasteiger partial charge in [-0.3, -0.25) is 4.79 Å². The lowest BCUT2D eigenvalue weighted by Gasteiger charge is -2.09. The maximum atomic E-state index is 11.1. The van der Waals surface area contributed by atoms with Crippen molar-refractivity contribution in [3.05, 3.63) is 15.8 Å². The minimum absolute atomic E-state index is 0.0952. The molecule has 18 heavy (non-hydrogen) atoms. The Balaban J connectivity index is 2.79. The zero-order chi connectivity index (χ0) is 13.7. The van der Waals surface area contributed by atoms with Gasteiger partial charge in [-0.2, -0.15) is 0 Å². The molecule has 0 saturated carbocycles. The Bertz CT molecular complexity index is 441. The van der Waals surface area contributed by atoms with Crippen LogP contribution < -0.4 is 10.5 Å². The molecule has 0 saturated heterocycles. The topological polar surface area (TPSA) is 89.6 Å². The quantitative estimate of drug-likeness (QED) is 0.792. The van der Waals surface area contributed by atoms with Crippen molar-refractivity contribution in [1.29, 1.82) is 0 Å². The van der Waals surface area contributed by atoms with Crippen LogP contribution in [0, 0.1) is 5.92 Å². The Morgan fingerprint density at radius 3 is 2.72 bits per heavy atom. The first kappa shape index (κ1) is 14.5. The number of carboxylic acids is 1. The van der Waals surface area contributed by atoms with E-state index in [-0.39, 0.29) is 11.5 Å². The predicted molar refractivity (Wildman–Crippen MR) is 69.1 cm³/mol. The number of ether oxygens (including phenoxy) is 1. The summed E-state index contributed by atoms with van der Waals surface area (Å²) in [4.78, 5) is 23.1. The minimum atomic E-state index is -1.01. The lowest BCUT2D eigenvalue weighted by molar-refractivity contribution is -0.122. The van der Waals surface area contributed by atoms with Crippen molar-refractivity contribution in [1.82, 2.24) is 0 Å². The van der Waals surface area contributed by atoms with Crippen LogP contribution in [0.15, 0.2) is 6.07 Å². The molecule has 1 rings (SSSR count). The highest BCUT2D eigenvalue weighted by Gasteiger charge is 2.18. The van der Waals surface area contributed by atoms with E-state index in [2.05, 4.69) is 0 Å². The van der Waals surface area contributed by atoms with Gasteiger partial charge in [0.15, 0.2) is 4.88 Å². The highest BCUT2D eigenvalue weighted by molar-refractivity contribution is 7.14. The number of aryl methyl sites for hydroxylation is 1. The molecule has 0 fully saturated rings. The van der Waals surface area contributed by atoms with Gasteiger partial charge in [0.2, 0.25) is 5.91 Å². The third kappa shape index (κ3) is 3.73. The summed E-state index contributed by atoms with van der Waals surface area (Å²) in [5.41, 5.74) is 5.12. The van der Waals surface area contributed by atoms with Crippen LogP contribution in [0.1, 0.15) is 34.8 Å².